The molecule has 1 aliphatic rings. The van der Waals surface area contributed by atoms with Crippen molar-refractivity contribution in [3.8, 4) is 26.6 Å². The molecule has 3 heterocycles. The van der Waals surface area contributed by atoms with Gasteiger partial charge >= 0.3 is 0 Å². The molecule has 7 heteroatoms. The summed E-state index contributed by atoms with van der Waals surface area (Å²) in [4.78, 5) is 30.5. The van der Waals surface area contributed by atoms with Gasteiger partial charge in [-0.2, -0.15) is 0 Å². The van der Waals surface area contributed by atoms with Crippen LogP contribution in [-0.4, -0.2) is 23.2 Å². The summed E-state index contributed by atoms with van der Waals surface area (Å²) in [6.07, 6.45) is 3.54. The maximum absolute atomic E-state index is 11.9. The van der Waals surface area contributed by atoms with E-state index in [2.05, 4.69) is 28.5 Å². The van der Waals surface area contributed by atoms with Crippen LogP contribution in [-0.2, 0) is 4.79 Å². The molecule has 0 spiro atoms. The van der Waals surface area contributed by atoms with E-state index in [9.17, 15) is 9.59 Å². The van der Waals surface area contributed by atoms with Crippen LogP contribution in [0.3, 0.4) is 0 Å². The Hall–Kier alpha value is -3.42. The number of imide groups is 1. The van der Waals surface area contributed by atoms with Gasteiger partial charge in [-0.05, 0) is 71.4 Å². The lowest BCUT2D eigenvalue weighted by atomic mass is 10.0. The topological polar surface area (TPSA) is 68.3 Å². The number of hydrogen-bond acceptors (Lipinski definition) is 6. The van der Waals surface area contributed by atoms with Crippen molar-refractivity contribution in [3.63, 3.8) is 0 Å². The van der Waals surface area contributed by atoms with Crippen molar-refractivity contribution in [1.29, 1.82) is 0 Å². The number of hydrogen-bond donors (Lipinski definition) is 1. The Balaban J connectivity index is 1.56. The van der Waals surface area contributed by atoms with Crippen molar-refractivity contribution in [2.75, 3.05) is 7.11 Å². The summed E-state index contributed by atoms with van der Waals surface area (Å²) in [7, 11) is 1.67. The molecule has 0 unspecified atom stereocenters. The lowest BCUT2D eigenvalue weighted by Gasteiger charge is -2.06. The van der Waals surface area contributed by atoms with Crippen molar-refractivity contribution in [3.05, 3.63) is 77.3 Å². The summed E-state index contributed by atoms with van der Waals surface area (Å²) < 4.78 is 5.35. The van der Waals surface area contributed by atoms with E-state index in [4.69, 9.17) is 4.74 Å². The zero-order chi connectivity index (χ0) is 21.4. The summed E-state index contributed by atoms with van der Waals surface area (Å²) in [5.74, 6) is 0.467. The number of nitrogens with zero attached hydrogens (tertiary/aromatic N) is 1. The fourth-order valence-electron chi connectivity index (χ4n) is 3.46. The Morgan fingerprint density at radius 3 is 2.68 bits per heavy atom. The SMILES string of the molecule is COc1cccc(-c2ccc(-c3ccnc4ccc(C=C5SC(=O)NC5=O)cc34)s2)c1. The molecule has 0 atom stereocenters. The van der Waals surface area contributed by atoms with Gasteiger partial charge in [0.05, 0.1) is 17.5 Å². The molecule has 1 saturated heterocycles. The third-order valence-corrected chi connectivity index (χ3v) is 6.91. The number of thiophene rings is 1. The van der Waals surface area contributed by atoms with Gasteiger partial charge in [-0.3, -0.25) is 19.9 Å². The molecule has 1 fully saturated rings. The highest BCUT2D eigenvalue weighted by molar-refractivity contribution is 8.18. The van der Waals surface area contributed by atoms with Gasteiger partial charge in [0.15, 0.2) is 0 Å². The molecule has 1 aliphatic heterocycles. The van der Waals surface area contributed by atoms with Crippen molar-refractivity contribution < 1.29 is 14.3 Å². The molecule has 2 aromatic heterocycles. The molecule has 0 radical (unpaired) electrons. The predicted octanol–water partition coefficient (Wildman–Crippen LogP) is 5.96. The van der Waals surface area contributed by atoms with Gasteiger partial charge in [-0.1, -0.05) is 18.2 Å². The highest BCUT2D eigenvalue weighted by Gasteiger charge is 2.25. The van der Waals surface area contributed by atoms with E-state index in [0.717, 1.165) is 54.9 Å². The maximum Gasteiger partial charge on any atom is 0.290 e. The van der Waals surface area contributed by atoms with Crippen molar-refractivity contribution in [2.24, 2.45) is 0 Å². The van der Waals surface area contributed by atoms with E-state index in [0.29, 0.717) is 4.91 Å². The fourth-order valence-corrected chi connectivity index (χ4v) is 5.18. The molecule has 0 bridgehead atoms. The van der Waals surface area contributed by atoms with E-state index in [1.54, 1.807) is 30.7 Å². The van der Waals surface area contributed by atoms with Crippen LogP contribution in [0.5, 0.6) is 5.75 Å². The normalized spacial score (nSPS) is 14.9. The summed E-state index contributed by atoms with van der Waals surface area (Å²) in [6, 6.07) is 20.1. The Kier molecular flexibility index (Phi) is 5.05. The molecule has 5 rings (SSSR count). The molecule has 4 aromatic rings. The second-order valence-electron chi connectivity index (χ2n) is 6.88. The van der Waals surface area contributed by atoms with Crippen molar-refractivity contribution >= 4 is 51.2 Å². The Morgan fingerprint density at radius 1 is 1.00 bits per heavy atom. The monoisotopic (exact) mass is 444 g/mol. The second kappa shape index (κ2) is 8.02. The van der Waals surface area contributed by atoms with Crippen molar-refractivity contribution in [1.82, 2.24) is 10.3 Å². The number of aromatic nitrogens is 1. The maximum atomic E-state index is 11.9. The zero-order valence-electron chi connectivity index (χ0n) is 16.4. The summed E-state index contributed by atoms with van der Waals surface area (Å²) in [5.41, 5.74) is 3.89. The number of pyridine rings is 1. The van der Waals surface area contributed by atoms with Gasteiger partial charge in [0, 0.05) is 26.9 Å². The minimum atomic E-state index is -0.359. The highest BCUT2D eigenvalue weighted by atomic mass is 32.2. The van der Waals surface area contributed by atoms with Gasteiger partial charge in [-0.15, -0.1) is 11.3 Å². The average Bonchev–Trinajstić information content (AvgIpc) is 3.40. The fraction of sp³-hybridized carbons (Fsp3) is 0.0417. The van der Waals surface area contributed by atoms with Gasteiger partial charge in [0.1, 0.15) is 5.75 Å². The third-order valence-electron chi connectivity index (χ3n) is 4.93. The first-order chi connectivity index (χ1) is 15.1. The number of thioether (sulfide) groups is 1. The molecule has 5 nitrogen and oxygen atoms in total. The van der Waals surface area contributed by atoms with E-state index >= 15 is 0 Å². The first-order valence-corrected chi connectivity index (χ1v) is 11.1. The van der Waals surface area contributed by atoms with Crippen LogP contribution >= 0.6 is 23.1 Å². The smallest absolute Gasteiger partial charge is 0.290 e. The Bertz CT molecular complexity index is 1370. The molecule has 2 aromatic carbocycles. The van der Waals surface area contributed by atoms with Gasteiger partial charge in [0.2, 0.25) is 0 Å². The number of carbonyl (C=O) groups excluding carboxylic acids is 2. The van der Waals surface area contributed by atoms with Crippen LogP contribution in [0.1, 0.15) is 5.56 Å². The van der Waals surface area contributed by atoms with Crippen LogP contribution < -0.4 is 10.1 Å². The molecular formula is C24H16N2O3S2. The van der Waals surface area contributed by atoms with E-state index in [1.807, 2.05) is 42.5 Å². The standard InChI is InChI=1S/C24H16N2O3S2/c1-29-16-4-2-3-15(13-16)20-7-8-21(30-20)17-9-10-25-19-6-5-14(11-18(17)19)12-22-23(27)26-24(28)31-22/h2-13H,1H3,(H,26,27,28). The van der Waals surface area contributed by atoms with Crippen molar-refractivity contribution in [2.45, 2.75) is 0 Å². The van der Waals surface area contributed by atoms with Gasteiger partial charge < -0.3 is 4.74 Å². The molecule has 1 N–H and O–H groups in total. The number of amides is 2. The summed E-state index contributed by atoms with van der Waals surface area (Å²) >= 11 is 2.62. The predicted molar refractivity (Wildman–Crippen MR) is 126 cm³/mol. The number of benzene rings is 2. The first kappa shape index (κ1) is 19.5. The molecular weight excluding hydrogens is 428 g/mol. The minimum Gasteiger partial charge on any atom is -0.497 e. The van der Waals surface area contributed by atoms with Crippen LogP contribution in [0.2, 0.25) is 0 Å². The third kappa shape index (κ3) is 3.85. The lowest BCUT2D eigenvalue weighted by Crippen LogP contribution is -2.17. The van der Waals surface area contributed by atoms with Crippen LogP contribution in [0.15, 0.2) is 71.8 Å². The molecule has 0 aliphatic carbocycles. The Labute approximate surface area is 186 Å². The van der Waals surface area contributed by atoms with E-state index < -0.39 is 0 Å². The minimum absolute atomic E-state index is 0.344. The van der Waals surface area contributed by atoms with E-state index in [-0.39, 0.29) is 11.1 Å². The lowest BCUT2D eigenvalue weighted by molar-refractivity contribution is -0.115. The number of ether oxygens (including phenoxy) is 1. The highest BCUT2D eigenvalue weighted by Crippen LogP contribution is 2.38. The number of methoxy groups -OCH3 is 1. The number of rotatable bonds is 4. The largest absolute Gasteiger partial charge is 0.497 e. The Morgan fingerprint density at radius 2 is 1.87 bits per heavy atom. The van der Waals surface area contributed by atoms with E-state index in [1.165, 1.54) is 0 Å². The molecule has 31 heavy (non-hydrogen) atoms. The molecule has 0 saturated carbocycles. The van der Waals surface area contributed by atoms with Crippen LogP contribution in [0, 0.1) is 0 Å². The summed E-state index contributed by atoms with van der Waals surface area (Å²) in [5, 5.41) is 2.93. The quantitative estimate of drug-likeness (QED) is 0.393. The number of fused-ring (bicyclic) bond motifs is 1. The molecule has 152 valence electrons. The second-order valence-corrected chi connectivity index (χ2v) is 8.98. The summed E-state index contributed by atoms with van der Waals surface area (Å²) in [6.45, 7) is 0. The average molecular weight is 445 g/mol. The number of nitrogens with one attached hydrogen (secondary N) is 1. The van der Waals surface area contributed by atoms with Gasteiger partial charge in [-0.25, -0.2) is 0 Å². The number of carbonyl (C=O) groups is 2. The zero-order valence-corrected chi connectivity index (χ0v) is 18.0. The first-order valence-electron chi connectivity index (χ1n) is 9.49. The van der Waals surface area contributed by atoms with Crippen LogP contribution in [0.25, 0.3) is 37.9 Å². The molecule has 2 amide bonds. The van der Waals surface area contributed by atoms with Crippen LogP contribution in [0.4, 0.5) is 4.79 Å². The van der Waals surface area contributed by atoms with Gasteiger partial charge in [0.25, 0.3) is 11.1 Å².